The van der Waals surface area contributed by atoms with Gasteiger partial charge in [-0.1, -0.05) is 42.8 Å². The monoisotopic (exact) mass is 431 g/mol. The molecule has 1 aromatic heterocycles. The fraction of sp³-hybridized carbons (Fsp3) is 0.208. The summed E-state index contributed by atoms with van der Waals surface area (Å²) in [7, 11) is 0. The Bertz CT molecular complexity index is 1110. The maximum absolute atomic E-state index is 13.0. The van der Waals surface area contributed by atoms with Crippen molar-refractivity contribution in [1.29, 1.82) is 5.26 Å². The van der Waals surface area contributed by atoms with Gasteiger partial charge in [0.1, 0.15) is 12.1 Å². The number of aromatic nitrogens is 1. The van der Waals surface area contributed by atoms with E-state index >= 15 is 0 Å². The molecule has 1 aliphatic rings. The van der Waals surface area contributed by atoms with Crippen molar-refractivity contribution in [3.8, 4) is 6.07 Å². The number of pyridine rings is 1. The highest BCUT2D eigenvalue weighted by Crippen LogP contribution is 2.33. The lowest BCUT2D eigenvalue weighted by Gasteiger charge is -2.34. The molecule has 1 amide bonds. The molecule has 6 nitrogen and oxygen atoms in total. The van der Waals surface area contributed by atoms with Crippen LogP contribution in [-0.2, 0) is 4.79 Å². The van der Waals surface area contributed by atoms with Crippen LogP contribution in [0, 0.1) is 11.3 Å². The molecule has 1 aliphatic heterocycles. The summed E-state index contributed by atoms with van der Waals surface area (Å²) in [6.07, 6.45) is 3.46. The molecule has 3 N–H and O–H groups in total. The zero-order valence-corrected chi connectivity index (χ0v) is 17.7. The lowest BCUT2D eigenvalue weighted by molar-refractivity contribution is -0.117. The maximum Gasteiger partial charge on any atom is 0.248 e. The van der Waals surface area contributed by atoms with Crippen LogP contribution in [0.1, 0.15) is 35.6 Å². The van der Waals surface area contributed by atoms with E-state index in [4.69, 9.17) is 11.6 Å². The summed E-state index contributed by atoms with van der Waals surface area (Å²) in [4.78, 5) is 17.2. The highest BCUT2D eigenvalue weighted by atomic mass is 35.5. The number of carbonyl (C=O) groups is 1. The molecule has 0 aliphatic carbocycles. The third-order valence-corrected chi connectivity index (χ3v) is 5.74. The quantitative estimate of drug-likeness (QED) is 0.535. The van der Waals surface area contributed by atoms with Gasteiger partial charge in [0.15, 0.2) is 0 Å². The number of nitriles is 1. The van der Waals surface area contributed by atoms with Gasteiger partial charge < -0.3 is 16.0 Å². The molecule has 0 saturated carbocycles. The minimum atomic E-state index is -0.608. The van der Waals surface area contributed by atoms with E-state index in [1.165, 1.54) is 0 Å². The van der Waals surface area contributed by atoms with Crippen LogP contribution in [0.3, 0.4) is 0 Å². The summed E-state index contributed by atoms with van der Waals surface area (Å²) in [5.41, 5.74) is 3.77. The number of carbonyl (C=O) groups excluding carboxylic acids is 1. The second-order valence-electron chi connectivity index (χ2n) is 7.58. The Labute approximate surface area is 186 Å². The van der Waals surface area contributed by atoms with E-state index in [2.05, 4.69) is 33.9 Å². The first-order valence-electron chi connectivity index (χ1n) is 10.1. The van der Waals surface area contributed by atoms with Crippen LogP contribution in [0.5, 0.6) is 0 Å². The van der Waals surface area contributed by atoms with E-state index in [0.29, 0.717) is 28.5 Å². The van der Waals surface area contributed by atoms with E-state index < -0.39 is 6.04 Å². The van der Waals surface area contributed by atoms with E-state index in [-0.39, 0.29) is 17.9 Å². The van der Waals surface area contributed by atoms with Gasteiger partial charge in [-0.05, 0) is 47.4 Å². The molecule has 0 fully saturated rings. The molecule has 0 unspecified atom stereocenters. The molecule has 2 aromatic carbocycles. The summed E-state index contributed by atoms with van der Waals surface area (Å²) in [6, 6.07) is 18.1. The van der Waals surface area contributed by atoms with Crippen molar-refractivity contribution < 1.29 is 4.79 Å². The van der Waals surface area contributed by atoms with Gasteiger partial charge in [-0.25, -0.2) is 0 Å². The van der Waals surface area contributed by atoms with Crippen molar-refractivity contribution in [2.24, 2.45) is 0 Å². The van der Waals surface area contributed by atoms with Gasteiger partial charge in [0.2, 0.25) is 5.91 Å². The second-order valence-corrected chi connectivity index (χ2v) is 8.01. The number of halogens is 1. The van der Waals surface area contributed by atoms with Crippen molar-refractivity contribution in [3.63, 3.8) is 0 Å². The predicted molar refractivity (Wildman–Crippen MR) is 122 cm³/mol. The van der Waals surface area contributed by atoms with E-state index in [9.17, 15) is 10.1 Å². The second kappa shape index (κ2) is 9.17. The minimum Gasteiger partial charge on any atom is -0.369 e. The highest BCUT2D eigenvalue weighted by molar-refractivity contribution is 6.30. The van der Waals surface area contributed by atoms with E-state index in [1.807, 2.05) is 36.4 Å². The first-order valence-corrected chi connectivity index (χ1v) is 10.4. The van der Waals surface area contributed by atoms with Crippen LogP contribution in [0.25, 0.3) is 0 Å². The molecular formula is C24H22ClN5O. The molecule has 0 spiro atoms. The topological polar surface area (TPSA) is 89.8 Å². The van der Waals surface area contributed by atoms with Crippen LogP contribution >= 0.6 is 11.6 Å². The zero-order valence-electron chi connectivity index (χ0n) is 17.0. The number of fused-ring (bicyclic) bond motifs is 1. The van der Waals surface area contributed by atoms with Gasteiger partial charge in [0.05, 0.1) is 23.0 Å². The first kappa shape index (κ1) is 20.9. The normalized spacial score (nSPS) is 16.9. The fourth-order valence-corrected chi connectivity index (χ4v) is 3.90. The molecule has 3 aromatic rings. The van der Waals surface area contributed by atoms with E-state index in [0.717, 1.165) is 11.1 Å². The standard InChI is InChI=1S/C24H22ClN5O/c1-15(16-7-9-19(25)10-8-16)13-28-22(18-5-3-11-27-14-18)23-24(31)29-20-6-2-4-17(12-26)21(20)30-23/h2-11,14-15,22-23,28,30H,13H2,1H3,(H,29,31)/t15-,22+,23-/m0/s1. The van der Waals surface area contributed by atoms with E-state index in [1.54, 1.807) is 30.6 Å². The Balaban J connectivity index is 1.60. The van der Waals surface area contributed by atoms with Gasteiger partial charge in [0, 0.05) is 24.0 Å². The Hall–Kier alpha value is -3.40. The zero-order chi connectivity index (χ0) is 21.8. The molecule has 0 saturated heterocycles. The van der Waals surface area contributed by atoms with Gasteiger partial charge >= 0.3 is 0 Å². The highest BCUT2D eigenvalue weighted by Gasteiger charge is 2.34. The SMILES string of the molecule is C[C@@H](CN[C@H](c1cccnc1)[C@@H]1Nc2c(C#N)cccc2NC1=O)c1ccc(Cl)cc1. The summed E-state index contributed by atoms with van der Waals surface area (Å²) in [5, 5.41) is 20.0. The van der Waals surface area contributed by atoms with Crippen molar-refractivity contribution in [3.05, 3.63) is 88.7 Å². The number of hydrogen-bond donors (Lipinski definition) is 3. The average Bonchev–Trinajstić information content (AvgIpc) is 2.80. The number of para-hydroxylation sites is 1. The number of nitrogens with zero attached hydrogens (tertiary/aromatic N) is 2. The number of anilines is 2. The Morgan fingerprint density at radius 3 is 2.68 bits per heavy atom. The van der Waals surface area contributed by atoms with Gasteiger partial charge in [-0.2, -0.15) is 5.26 Å². The Morgan fingerprint density at radius 2 is 1.97 bits per heavy atom. The average molecular weight is 432 g/mol. The fourth-order valence-electron chi connectivity index (χ4n) is 3.77. The van der Waals surface area contributed by atoms with Crippen LogP contribution in [0.4, 0.5) is 11.4 Å². The molecule has 7 heteroatoms. The number of benzene rings is 2. The molecule has 156 valence electrons. The maximum atomic E-state index is 13.0. The lowest BCUT2D eigenvalue weighted by atomic mass is 9.95. The molecule has 0 bridgehead atoms. The summed E-state index contributed by atoms with van der Waals surface area (Å²) in [6.45, 7) is 2.76. The van der Waals surface area contributed by atoms with Crippen LogP contribution < -0.4 is 16.0 Å². The number of hydrogen-bond acceptors (Lipinski definition) is 5. The molecule has 4 rings (SSSR count). The number of rotatable bonds is 6. The van der Waals surface area contributed by atoms with Crippen molar-refractivity contribution >= 4 is 28.9 Å². The molecule has 0 radical (unpaired) electrons. The minimum absolute atomic E-state index is 0.164. The Kier molecular flexibility index (Phi) is 6.17. The van der Waals surface area contributed by atoms with Crippen LogP contribution in [0.2, 0.25) is 5.02 Å². The Morgan fingerprint density at radius 1 is 1.16 bits per heavy atom. The molecule has 3 atom stereocenters. The van der Waals surface area contributed by atoms with Crippen LogP contribution in [0.15, 0.2) is 67.0 Å². The van der Waals surface area contributed by atoms with Gasteiger partial charge in [-0.15, -0.1) is 0 Å². The van der Waals surface area contributed by atoms with Crippen LogP contribution in [-0.4, -0.2) is 23.5 Å². The van der Waals surface area contributed by atoms with Gasteiger partial charge in [0.25, 0.3) is 0 Å². The summed E-state index contributed by atoms with van der Waals surface area (Å²) >= 11 is 6.01. The first-order chi connectivity index (χ1) is 15.1. The number of amides is 1. The molecule has 2 heterocycles. The van der Waals surface area contributed by atoms with Crippen molar-refractivity contribution in [1.82, 2.24) is 10.3 Å². The lowest BCUT2D eigenvalue weighted by Crippen LogP contribution is -2.48. The summed E-state index contributed by atoms with van der Waals surface area (Å²) in [5.74, 6) is 0.0353. The number of nitrogens with one attached hydrogen (secondary N) is 3. The summed E-state index contributed by atoms with van der Waals surface area (Å²) < 4.78 is 0. The largest absolute Gasteiger partial charge is 0.369 e. The predicted octanol–water partition coefficient (Wildman–Crippen LogP) is 4.47. The molecular weight excluding hydrogens is 410 g/mol. The smallest absolute Gasteiger partial charge is 0.248 e. The van der Waals surface area contributed by atoms with Crippen molar-refractivity contribution in [2.75, 3.05) is 17.2 Å². The molecule has 31 heavy (non-hydrogen) atoms. The third-order valence-electron chi connectivity index (χ3n) is 5.48. The third kappa shape index (κ3) is 4.53. The van der Waals surface area contributed by atoms with Crippen molar-refractivity contribution in [2.45, 2.75) is 24.9 Å². The van der Waals surface area contributed by atoms with Gasteiger partial charge in [-0.3, -0.25) is 9.78 Å².